The van der Waals surface area contributed by atoms with Crippen LogP contribution in [-0.2, 0) is 9.53 Å². The molecule has 1 atom stereocenters. The quantitative estimate of drug-likeness (QED) is 0.545. The number of rotatable bonds is 7. The van der Waals surface area contributed by atoms with Crippen molar-refractivity contribution >= 4 is 44.6 Å². The Balaban J connectivity index is 1.32. The molecule has 0 spiro atoms. The summed E-state index contributed by atoms with van der Waals surface area (Å²) >= 11 is 1.51. The van der Waals surface area contributed by atoms with Crippen LogP contribution in [0.2, 0.25) is 0 Å². The molecule has 1 saturated heterocycles. The van der Waals surface area contributed by atoms with Gasteiger partial charge in [-0.1, -0.05) is 35.6 Å². The summed E-state index contributed by atoms with van der Waals surface area (Å²) in [5.74, 6) is -0.173. The van der Waals surface area contributed by atoms with Gasteiger partial charge in [-0.3, -0.25) is 14.5 Å². The molecule has 6 nitrogen and oxygen atoms in total. The molecule has 1 aromatic heterocycles. The van der Waals surface area contributed by atoms with E-state index in [9.17, 15) is 9.59 Å². The summed E-state index contributed by atoms with van der Waals surface area (Å²) in [6.45, 7) is 1.23. The molecule has 7 heteroatoms. The van der Waals surface area contributed by atoms with Gasteiger partial charge in [-0.15, -0.1) is 0 Å². The molecule has 0 radical (unpaired) electrons. The van der Waals surface area contributed by atoms with Crippen LogP contribution in [0.15, 0.2) is 54.6 Å². The number of anilines is 1. The van der Waals surface area contributed by atoms with Crippen LogP contribution in [0.4, 0.5) is 5.13 Å². The summed E-state index contributed by atoms with van der Waals surface area (Å²) in [7, 11) is 0. The van der Waals surface area contributed by atoms with E-state index in [1.54, 1.807) is 29.2 Å². The maximum atomic E-state index is 13.2. The lowest BCUT2D eigenvalue weighted by atomic mass is 10.1. The molecule has 1 N–H and O–H groups in total. The number of amides is 2. The fourth-order valence-electron chi connectivity index (χ4n) is 3.73. The van der Waals surface area contributed by atoms with Crippen molar-refractivity contribution in [2.75, 3.05) is 18.1 Å². The van der Waals surface area contributed by atoms with Crippen molar-refractivity contribution in [1.29, 1.82) is 0 Å². The molecule has 2 amide bonds. The Bertz CT molecular complexity index is 1110. The molecular formula is C25H25N3O3S. The Morgan fingerprint density at radius 2 is 1.94 bits per heavy atom. The van der Waals surface area contributed by atoms with E-state index in [4.69, 9.17) is 4.74 Å². The highest BCUT2D eigenvalue weighted by molar-refractivity contribution is 7.22. The fraction of sp³-hybridized carbons (Fsp3) is 0.320. The Labute approximate surface area is 190 Å². The van der Waals surface area contributed by atoms with Gasteiger partial charge in [0.2, 0.25) is 0 Å². The Kier molecular flexibility index (Phi) is 6.01. The molecule has 3 aromatic rings. The number of nitrogens with one attached hydrogen (secondary N) is 1. The average molecular weight is 448 g/mol. The lowest BCUT2D eigenvalue weighted by Crippen LogP contribution is -2.36. The highest BCUT2D eigenvalue weighted by atomic mass is 32.1. The standard InChI is InChI=1S/C25H25N3O3S/c29-23(14-9-17-7-10-18(11-8-17)24(30)26-19-12-13-19)28(16-20-4-3-15-31-20)25-27-21-5-1-2-6-22(21)32-25/h1-2,5-11,14,19-20H,3-4,12-13,15-16H2,(H,26,30)/b14-9+. The molecule has 2 fully saturated rings. The number of ether oxygens (including phenoxy) is 1. The summed E-state index contributed by atoms with van der Waals surface area (Å²) in [5.41, 5.74) is 2.39. The molecule has 32 heavy (non-hydrogen) atoms. The summed E-state index contributed by atoms with van der Waals surface area (Å²) in [4.78, 5) is 31.7. The topological polar surface area (TPSA) is 71.5 Å². The predicted octanol–water partition coefficient (Wildman–Crippen LogP) is 4.41. The first-order valence-electron chi connectivity index (χ1n) is 11.0. The molecule has 1 aliphatic heterocycles. The number of fused-ring (bicyclic) bond motifs is 1. The van der Waals surface area contributed by atoms with Gasteiger partial charge < -0.3 is 10.1 Å². The van der Waals surface area contributed by atoms with E-state index >= 15 is 0 Å². The van der Waals surface area contributed by atoms with Crippen molar-refractivity contribution in [2.45, 2.75) is 37.8 Å². The molecule has 0 bridgehead atoms. The zero-order valence-electron chi connectivity index (χ0n) is 17.7. The predicted molar refractivity (Wildman–Crippen MR) is 127 cm³/mol. The molecule has 1 unspecified atom stereocenters. The van der Waals surface area contributed by atoms with Crippen molar-refractivity contribution in [3.63, 3.8) is 0 Å². The first-order chi connectivity index (χ1) is 15.7. The van der Waals surface area contributed by atoms with Crippen molar-refractivity contribution in [1.82, 2.24) is 10.3 Å². The zero-order valence-corrected chi connectivity index (χ0v) is 18.5. The zero-order chi connectivity index (χ0) is 21.9. The monoisotopic (exact) mass is 447 g/mol. The second kappa shape index (κ2) is 9.22. The molecule has 2 aliphatic rings. The van der Waals surface area contributed by atoms with Gasteiger partial charge in [0, 0.05) is 24.3 Å². The van der Waals surface area contributed by atoms with Crippen LogP contribution in [0.5, 0.6) is 0 Å². The van der Waals surface area contributed by atoms with Crippen molar-refractivity contribution in [3.8, 4) is 0 Å². The van der Waals surface area contributed by atoms with Gasteiger partial charge in [-0.05, 0) is 61.6 Å². The maximum absolute atomic E-state index is 13.2. The number of hydrogen-bond acceptors (Lipinski definition) is 5. The van der Waals surface area contributed by atoms with Crippen LogP contribution < -0.4 is 10.2 Å². The highest BCUT2D eigenvalue weighted by Crippen LogP contribution is 2.30. The Morgan fingerprint density at radius 3 is 2.66 bits per heavy atom. The molecule has 5 rings (SSSR count). The van der Waals surface area contributed by atoms with Gasteiger partial charge >= 0.3 is 0 Å². The van der Waals surface area contributed by atoms with E-state index in [1.807, 2.05) is 36.4 Å². The molecular weight excluding hydrogens is 422 g/mol. The number of nitrogens with zero attached hydrogens (tertiary/aromatic N) is 2. The SMILES string of the molecule is O=C(NC1CC1)c1ccc(/C=C/C(=O)N(CC2CCCO2)c2nc3ccccc3s2)cc1. The van der Waals surface area contributed by atoms with Crippen molar-refractivity contribution in [3.05, 3.63) is 65.7 Å². The largest absolute Gasteiger partial charge is 0.376 e. The van der Waals surface area contributed by atoms with Crippen LogP contribution in [-0.4, -0.2) is 42.1 Å². The molecule has 1 saturated carbocycles. The summed E-state index contributed by atoms with van der Waals surface area (Å²) in [6.07, 6.45) is 7.47. The van der Waals surface area contributed by atoms with Gasteiger partial charge in [-0.25, -0.2) is 4.98 Å². The van der Waals surface area contributed by atoms with Gasteiger partial charge in [0.25, 0.3) is 11.8 Å². The molecule has 164 valence electrons. The van der Waals surface area contributed by atoms with Crippen molar-refractivity contribution in [2.24, 2.45) is 0 Å². The summed E-state index contributed by atoms with van der Waals surface area (Å²) in [6, 6.07) is 15.5. The molecule has 2 heterocycles. The van der Waals surface area contributed by atoms with Gasteiger partial charge in [0.15, 0.2) is 5.13 Å². The first-order valence-corrected chi connectivity index (χ1v) is 11.8. The second-order valence-electron chi connectivity index (χ2n) is 8.25. The number of hydrogen-bond donors (Lipinski definition) is 1. The third-order valence-electron chi connectivity index (χ3n) is 5.69. The highest BCUT2D eigenvalue weighted by Gasteiger charge is 2.25. The number of carbonyl (C=O) groups excluding carboxylic acids is 2. The number of carbonyl (C=O) groups is 2. The minimum Gasteiger partial charge on any atom is -0.376 e. The van der Waals surface area contributed by atoms with Crippen LogP contribution in [0.25, 0.3) is 16.3 Å². The summed E-state index contributed by atoms with van der Waals surface area (Å²) in [5, 5.41) is 3.67. The molecule has 1 aliphatic carbocycles. The third kappa shape index (κ3) is 4.89. The first kappa shape index (κ1) is 20.8. The minimum absolute atomic E-state index is 0.0311. The average Bonchev–Trinajstić information content (AvgIpc) is 3.30. The minimum atomic E-state index is -0.130. The van der Waals surface area contributed by atoms with E-state index in [2.05, 4.69) is 10.3 Å². The number of benzene rings is 2. The normalized spacial score (nSPS) is 18.3. The van der Waals surface area contributed by atoms with Crippen molar-refractivity contribution < 1.29 is 14.3 Å². The lowest BCUT2D eigenvalue weighted by Gasteiger charge is -2.21. The Morgan fingerprint density at radius 1 is 1.12 bits per heavy atom. The van der Waals surface area contributed by atoms with E-state index in [0.29, 0.717) is 23.3 Å². The Hall–Kier alpha value is -3.03. The van der Waals surface area contributed by atoms with Gasteiger partial charge in [-0.2, -0.15) is 0 Å². The number of para-hydroxylation sites is 1. The number of aromatic nitrogens is 1. The number of thiazole rings is 1. The van der Waals surface area contributed by atoms with Crippen LogP contribution >= 0.6 is 11.3 Å². The van der Waals surface area contributed by atoms with Crippen LogP contribution in [0.1, 0.15) is 41.6 Å². The van der Waals surface area contributed by atoms with E-state index in [-0.39, 0.29) is 17.9 Å². The maximum Gasteiger partial charge on any atom is 0.252 e. The second-order valence-corrected chi connectivity index (χ2v) is 9.26. The van der Waals surface area contributed by atoms with Gasteiger partial charge in [0.05, 0.1) is 22.9 Å². The van der Waals surface area contributed by atoms with Gasteiger partial charge in [0.1, 0.15) is 0 Å². The van der Waals surface area contributed by atoms with Crippen LogP contribution in [0.3, 0.4) is 0 Å². The van der Waals surface area contributed by atoms with E-state index < -0.39 is 0 Å². The lowest BCUT2D eigenvalue weighted by molar-refractivity contribution is -0.114. The van der Waals surface area contributed by atoms with Crippen LogP contribution in [0, 0.1) is 0 Å². The smallest absolute Gasteiger partial charge is 0.252 e. The van der Waals surface area contributed by atoms with E-state index in [1.165, 1.54) is 11.3 Å². The fourth-order valence-corrected chi connectivity index (χ4v) is 4.71. The molecule has 2 aromatic carbocycles. The summed E-state index contributed by atoms with van der Waals surface area (Å²) < 4.78 is 6.83. The third-order valence-corrected chi connectivity index (χ3v) is 6.75. The van der Waals surface area contributed by atoms with E-state index in [0.717, 1.165) is 48.1 Å².